The minimum atomic E-state index is -0.374. The lowest BCUT2D eigenvalue weighted by atomic mass is 10.2. The smallest absolute Gasteiger partial charge is 0.308 e. The van der Waals surface area contributed by atoms with E-state index < -0.39 is 0 Å². The van der Waals surface area contributed by atoms with Crippen LogP contribution in [0, 0.1) is 0 Å². The predicted molar refractivity (Wildman–Crippen MR) is 55.3 cm³/mol. The number of carbonyl (C=O) groups is 1. The predicted octanol–water partition coefficient (Wildman–Crippen LogP) is 0.584. The van der Waals surface area contributed by atoms with Gasteiger partial charge in [-0.05, 0) is 6.07 Å². The van der Waals surface area contributed by atoms with Crippen molar-refractivity contribution in [1.82, 2.24) is 5.43 Å². The molecule has 0 unspecified atom stereocenters. The van der Waals surface area contributed by atoms with Crippen molar-refractivity contribution in [1.29, 1.82) is 0 Å². The molecule has 0 saturated carbocycles. The van der Waals surface area contributed by atoms with Gasteiger partial charge < -0.3 is 9.47 Å². The van der Waals surface area contributed by atoms with Gasteiger partial charge in [0.15, 0.2) is 0 Å². The van der Waals surface area contributed by atoms with E-state index in [1.165, 1.54) is 6.92 Å². The van der Waals surface area contributed by atoms with Crippen LogP contribution < -0.4 is 20.7 Å². The fourth-order valence-electron chi connectivity index (χ4n) is 1.17. The summed E-state index contributed by atoms with van der Waals surface area (Å²) in [7, 11) is 1.55. The molecule has 0 atom stereocenters. The Morgan fingerprint density at radius 2 is 2.27 bits per heavy atom. The maximum absolute atomic E-state index is 10.9. The van der Waals surface area contributed by atoms with Gasteiger partial charge in [-0.1, -0.05) is 6.07 Å². The number of hydrazine groups is 1. The van der Waals surface area contributed by atoms with Crippen LogP contribution in [0.2, 0.25) is 0 Å². The molecule has 0 aliphatic rings. The zero-order valence-electron chi connectivity index (χ0n) is 8.74. The number of benzene rings is 1. The summed E-state index contributed by atoms with van der Waals surface area (Å²) in [5.74, 6) is 5.93. The van der Waals surface area contributed by atoms with E-state index in [0.717, 1.165) is 5.56 Å². The molecule has 15 heavy (non-hydrogen) atoms. The third kappa shape index (κ3) is 3.23. The van der Waals surface area contributed by atoms with Gasteiger partial charge in [0.25, 0.3) is 0 Å². The van der Waals surface area contributed by atoms with E-state index in [1.807, 2.05) is 0 Å². The SMILES string of the molecule is COc1ccc(CNN)c(OC(C)=O)c1. The largest absolute Gasteiger partial charge is 0.497 e. The van der Waals surface area contributed by atoms with E-state index in [0.29, 0.717) is 18.0 Å². The van der Waals surface area contributed by atoms with Gasteiger partial charge in [-0.3, -0.25) is 16.1 Å². The fourth-order valence-corrected chi connectivity index (χ4v) is 1.17. The number of rotatable bonds is 4. The van der Waals surface area contributed by atoms with Crippen LogP contribution in [0.4, 0.5) is 0 Å². The summed E-state index contributed by atoms with van der Waals surface area (Å²) in [5, 5.41) is 0. The highest BCUT2D eigenvalue weighted by molar-refractivity contribution is 5.70. The highest BCUT2D eigenvalue weighted by Crippen LogP contribution is 2.24. The van der Waals surface area contributed by atoms with E-state index in [-0.39, 0.29) is 5.97 Å². The highest BCUT2D eigenvalue weighted by atomic mass is 16.5. The van der Waals surface area contributed by atoms with Crippen LogP contribution in [0.5, 0.6) is 11.5 Å². The molecule has 0 bridgehead atoms. The minimum Gasteiger partial charge on any atom is -0.497 e. The summed E-state index contributed by atoms with van der Waals surface area (Å²) < 4.78 is 10.1. The Morgan fingerprint density at radius 3 is 2.80 bits per heavy atom. The summed E-state index contributed by atoms with van der Waals surface area (Å²) >= 11 is 0. The van der Waals surface area contributed by atoms with Crippen LogP contribution in [-0.2, 0) is 11.3 Å². The molecule has 0 aliphatic heterocycles. The van der Waals surface area contributed by atoms with Crippen LogP contribution in [0.25, 0.3) is 0 Å². The number of ether oxygens (including phenoxy) is 2. The summed E-state index contributed by atoms with van der Waals surface area (Å²) in [6, 6.07) is 5.21. The third-order valence-corrected chi connectivity index (χ3v) is 1.82. The molecule has 0 radical (unpaired) electrons. The van der Waals surface area contributed by atoms with Crippen molar-refractivity contribution in [3.05, 3.63) is 23.8 Å². The lowest BCUT2D eigenvalue weighted by Crippen LogP contribution is -2.21. The quantitative estimate of drug-likeness (QED) is 0.329. The second kappa shape index (κ2) is 5.33. The number of hydrogen-bond donors (Lipinski definition) is 2. The van der Waals surface area contributed by atoms with E-state index in [4.69, 9.17) is 15.3 Å². The van der Waals surface area contributed by atoms with Crippen molar-refractivity contribution >= 4 is 5.97 Å². The molecule has 0 amide bonds. The summed E-state index contributed by atoms with van der Waals surface area (Å²) in [6.07, 6.45) is 0. The molecule has 5 heteroatoms. The molecular weight excluding hydrogens is 196 g/mol. The Labute approximate surface area is 88.1 Å². The first-order valence-electron chi connectivity index (χ1n) is 4.46. The molecule has 1 rings (SSSR count). The van der Waals surface area contributed by atoms with Gasteiger partial charge in [0.05, 0.1) is 7.11 Å². The molecular formula is C10H14N2O3. The molecule has 1 aromatic rings. The minimum absolute atomic E-state index is 0.374. The van der Waals surface area contributed by atoms with Crippen molar-refractivity contribution in [2.24, 2.45) is 5.84 Å². The first kappa shape index (κ1) is 11.5. The zero-order valence-corrected chi connectivity index (χ0v) is 8.74. The van der Waals surface area contributed by atoms with Crippen molar-refractivity contribution in [2.75, 3.05) is 7.11 Å². The Bertz CT molecular complexity index is 353. The van der Waals surface area contributed by atoms with E-state index >= 15 is 0 Å². The molecule has 3 N–H and O–H groups in total. The van der Waals surface area contributed by atoms with Gasteiger partial charge in [-0.15, -0.1) is 0 Å². The van der Waals surface area contributed by atoms with Gasteiger partial charge >= 0.3 is 5.97 Å². The molecule has 0 heterocycles. The Kier molecular flexibility index (Phi) is 4.08. The molecule has 0 fully saturated rings. The molecule has 0 aromatic heterocycles. The molecule has 0 spiro atoms. The Balaban J connectivity index is 2.98. The average molecular weight is 210 g/mol. The molecule has 5 nitrogen and oxygen atoms in total. The molecule has 0 aliphatic carbocycles. The van der Waals surface area contributed by atoms with Gasteiger partial charge in [-0.25, -0.2) is 0 Å². The Morgan fingerprint density at radius 1 is 1.53 bits per heavy atom. The number of nitrogens with one attached hydrogen (secondary N) is 1. The van der Waals surface area contributed by atoms with Crippen molar-refractivity contribution in [3.63, 3.8) is 0 Å². The first-order chi connectivity index (χ1) is 7.17. The van der Waals surface area contributed by atoms with Crippen molar-refractivity contribution in [3.8, 4) is 11.5 Å². The van der Waals surface area contributed by atoms with Gasteiger partial charge in [0.1, 0.15) is 11.5 Å². The second-order valence-corrected chi connectivity index (χ2v) is 2.95. The summed E-state index contributed by atoms with van der Waals surface area (Å²) in [6.45, 7) is 1.77. The average Bonchev–Trinajstić information content (AvgIpc) is 2.20. The molecule has 82 valence electrons. The fraction of sp³-hybridized carbons (Fsp3) is 0.300. The van der Waals surface area contributed by atoms with Crippen LogP contribution in [0.3, 0.4) is 0 Å². The maximum atomic E-state index is 10.9. The standard InChI is InChI=1S/C10H14N2O3/c1-7(13)15-10-5-9(14-2)4-3-8(10)6-12-11/h3-5,12H,6,11H2,1-2H3. The third-order valence-electron chi connectivity index (χ3n) is 1.82. The highest BCUT2D eigenvalue weighted by Gasteiger charge is 2.07. The van der Waals surface area contributed by atoms with Crippen LogP contribution in [0.15, 0.2) is 18.2 Å². The first-order valence-corrected chi connectivity index (χ1v) is 4.46. The van der Waals surface area contributed by atoms with E-state index in [2.05, 4.69) is 5.43 Å². The topological polar surface area (TPSA) is 73.6 Å². The van der Waals surface area contributed by atoms with Crippen LogP contribution >= 0.6 is 0 Å². The van der Waals surface area contributed by atoms with Gasteiger partial charge in [0.2, 0.25) is 0 Å². The number of carbonyl (C=O) groups excluding carboxylic acids is 1. The van der Waals surface area contributed by atoms with E-state index in [1.54, 1.807) is 25.3 Å². The van der Waals surface area contributed by atoms with Crippen molar-refractivity contribution in [2.45, 2.75) is 13.5 Å². The summed E-state index contributed by atoms with van der Waals surface area (Å²) in [4.78, 5) is 10.9. The van der Waals surface area contributed by atoms with Gasteiger partial charge in [0, 0.05) is 25.1 Å². The van der Waals surface area contributed by atoms with Crippen LogP contribution in [0.1, 0.15) is 12.5 Å². The number of nitrogens with two attached hydrogens (primary N) is 1. The number of hydrogen-bond acceptors (Lipinski definition) is 5. The number of esters is 1. The van der Waals surface area contributed by atoms with Crippen molar-refractivity contribution < 1.29 is 14.3 Å². The normalized spacial score (nSPS) is 9.80. The summed E-state index contributed by atoms with van der Waals surface area (Å²) in [5.41, 5.74) is 3.30. The Hall–Kier alpha value is -1.59. The molecule has 0 saturated heterocycles. The lowest BCUT2D eigenvalue weighted by molar-refractivity contribution is -0.131. The number of methoxy groups -OCH3 is 1. The zero-order chi connectivity index (χ0) is 11.3. The van der Waals surface area contributed by atoms with Gasteiger partial charge in [-0.2, -0.15) is 0 Å². The molecule has 1 aromatic carbocycles. The maximum Gasteiger partial charge on any atom is 0.308 e. The second-order valence-electron chi connectivity index (χ2n) is 2.95. The van der Waals surface area contributed by atoms with Crippen LogP contribution in [-0.4, -0.2) is 13.1 Å². The lowest BCUT2D eigenvalue weighted by Gasteiger charge is -2.10. The van der Waals surface area contributed by atoms with E-state index in [9.17, 15) is 4.79 Å². The monoisotopic (exact) mass is 210 g/mol.